The number of carbonyl (C=O) groups is 1. The molecule has 2 atom stereocenters. The molecule has 1 amide bonds. The molecule has 6 nitrogen and oxygen atoms in total. The van der Waals surface area contributed by atoms with Gasteiger partial charge in [0.25, 0.3) is 0 Å². The molecule has 0 saturated heterocycles. The van der Waals surface area contributed by atoms with E-state index in [1.54, 1.807) is 25.1 Å². The van der Waals surface area contributed by atoms with Crippen molar-refractivity contribution in [3.05, 3.63) is 29.8 Å². The summed E-state index contributed by atoms with van der Waals surface area (Å²) in [7, 11) is -0.517. The summed E-state index contributed by atoms with van der Waals surface area (Å²) >= 11 is 0. The van der Waals surface area contributed by atoms with E-state index in [2.05, 4.69) is 5.32 Å². The molecule has 0 saturated carbocycles. The first-order valence-corrected chi connectivity index (χ1v) is 8.17. The monoisotopic (exact) mass is 349 g/mol. The highest BCUT2D eigenvalue weighted by Gasteiger charge is 2.19. The van der Waals surface area contributed by atoms with Crippen LogP contribution in [0.15, 0.2) is 29.2 Å². The van der Waals surface area contributed by atoms with Crippen molar-refractivity contribution < 1.29 is 13.2 Å². The van der Waals surface area contributed by atoms with Crippen molar-refractivity contribution in [3.8, 4) is 0 Å². The first-order valence-electron chi connectivity index (χ1n) is 6.73. The van der Waals surface area contributed by atoms with Crippen LogP contribution in [0.1, 0.15) is 25.5 Å². The molecule has 2 unspecified atom stereocenters. The van der Waals surface area contributed by atoms with Crippen LogP contribution in [0.2, 0.25) is 0 Å². The van der Waals surface area contributed by atoms with Crippen molar-refractivity contribution >= 4 is 28.3 Å². The molecule has 0 heterocycles. The highest BCUT2D eigenvalue weighted by molar-refractivity contribution is 7.89. The van der Waals surface area contributed by atoms with Gasteiger partial charge in [0.1, 0.15) is 0 Å². The van der Waals surface area contributed by atoms with Crippen LogP contribution in [0, 0.1) is 5.92 Å². The normalized spacial score (nSPS) is 14.1. The van der Waals surface area contributed by atoms with Gasteiger partial charge in [-0.3, -0.25) is 4.79 Å². The van der Waals surface area contributed by atoms with Crippen LogP contribution in [0.4, 0.5) is 0 Å². The molecule has 1 aromatic rings. The number of nitrogens with two attached hydrogens (primary N) is 1. The summed E-state index contributed by atoms with van der Waals surface area (Å²) in [5.41, 5.74) is 6.19. The maximum Gasteiger partial charge on any atom is 0.242 e. The minimum absolute atomic E-state index is 0. The van der Waals surface area contributed by atoms with E-state index in [4.69, 9.17) is 5.73 Å². The highest BCUT2D eigenvalue weighted by Crippen LogP contribution is 2.19. The maximum atomic E-state index is 12.1. The third-order valence-electron chi connectivity index (χ3n) is 3.30. The maximum absolute atomic E-state index is 12.1. The van der Waals surface area contributed by atoms with Crippen LogP contribution in [0.3, 0.4) is 0 Å². The van der Waals surface area contributed by atoms with Crippen LogP contribution in [0.25, 0.3) is 0 Å². The third-order valence-corrected chi connectivity index (χ3v) is 5.11. The van der Waals surface area contributed by atoms with Gasteiger partial charge in [-0.25, -0.2) is 12.7 Å². The summed E-state index contributed by atoms with van der Waals surface area (Å²) in [5.74, 6) is -0.424. The fourth-order valence-electron chi connectivity index (χ4n) is 1.70. The number of nitrogens with one attached hydrogen (secondary N) is 1. The molecule has 0 aromatic heterocycles. The number of amides is 1. The van der Waals surface area contributed by atoms with Crippen molar-refractivity contribution in [1.82, 2.24) is 9.62 Å². The second-order valence-electron chi connectivity index (χ2n) is 5.23. The van der Waals surface area contributed by atoms with Crippen molar-refractivity contribution in [2.45, 2.75) is 24.8 Å². The minimum Gasteiger partial charge on any atom is -0.349 e. The van der Waals surface area contributed by atoms with E-state index in [9.17, 15) is 13.2 Å². The summed E-state index contributed by atoms with van der Waals surface area (Å²) in [6, 6.07) is 6.28. The van der Waals surface area contributed by atoms with Crippen molar-refractivity contribution in [2.24, 2.45) is 11.7 Å². The molecule has 3 N–H and O–H groups in total. The van der Waals surface area contributed by atoms with E-state index >= 15 is 0 Å². The lowest BCUT2D eigenvalue weighted by atomic mass is 10.1. The summed E-state index contributed by atoms with van der Waals surface area (Å²) < 4.78 is 25.4. The zero-order chi connectivity index (χ0) is 16.2. The van der Waals surface area contributed by atoms with Crippen LogP contribution in [-0.4, -0.2) is 39.3 Å². The molecule has 126 valence electrons. The summed E-state index contributed by atoms with van der Waals surface area (Å²) in [5, 5.41) is 2.83. The number of benzene rings is 1. The van der Waals surface area contributed by atoms with E-state index in [-0.39, 0.29) is 41.7 Å². The van der Waals surface area contributed by atoms with Crippen molar-refractivity contribution in [3.63, 3.8) is 0 Å². The summed E-state index contributed by atoms with van der Waals surface area (Å²) in [6.45, 7) is 3.82. The summed E-state index contributed by atoms with van der Waals surface area (Å²) in [6.07, 6.45) is 0. The van der Waals surface area contributed by atoms with E-state index in [0.717, 1.165) is 9.87 Å². The van der Waals surface area contributed by atoms with E-state index < -0.39 is 10.0 Å². The van der Waals surface area contributed by atoms with Gasteiger partial charge in [-0.15, -0.1) is 12.4 Å². The molecule has 22 heavy (non-hydrogen) atoms. The number of nitrogens with zero attached hydrogens (tertiary/aromatic N) is 1. The van der Waals surface area contributed by atoms with Crippen LogP contribution in [0.5, 0.6) is 0 Å². The predicted molar refractivity (Wildman–Crippen MR) is 89.3 cm³/mol. The van der Waals surface area contributed by atoms with Gasteiger partial charge in [0.2, 0.25) is 15.9 Å². The lowest BCUT2D eigenvalue weighted by Crippen LogP contribution is -2.35. The number of hydrogen-bond donors (Lipinski definition) is 2. The highest BCUT2D eigenvalue weighted by atomic mass is 35.5. The van der Waals surface area contributed by atoms with Crippen LogP contribution >= 0.6 is 12.4 Å². The average Bonchev–Trinajstić information content (AvgIpc) is 2.46. The Hall–Kier alpha value is -1.15. The molecular formula is C14H24ClN3O3S. The molecule has 0 aliphatic rings. The van der Waals surface area contributed by atoms with Gasteiger partial charge in [-0.05, 0) is 24.6 Å². The van der Waals surface area contributed by atoms with Gasteiger partial charge < -0.3 is 11.1 Å². The number of halogens is 1. The Morgan fingerprint density at radius 3 is 2.41 bits per heavy atom. The molecule has 1 rings (SSSR count). The molecule has 0 fully saturated rings. The lowest BCUT2D eigenvalue weighted by Gasteiger charge is -2.18. The molecule has 0 bridgehead atoms. The van der Waals surface area contributed by atoms with Gasteiger partial charge >= 0.3 is 0 Å². The summed E-state index contributed by atoms with van der Waals surface area (Å²) in [4.78, 5) is 12.0. The molecule has 0 spiro atoms. The third kappa shape index (κ3) is 4.95. The Labute approximate surface area is 138 Å². The SMILES string of the molecule is CC(CN)C(=O)NC(C)c1cccc(S(=O)(=O)N(C)C)c1.Cl. The van der Waals surface area contributed by atoms with Crippen molar-refractivity contribution in [1.29, 1.82) is 0 Å². The first-order chi connectivity index (χ1) is 9.70. The second kappa shape index (κ2) is 8.47. The fourth-order valence-corrected chi connectivity index (χ4v) is 2.66. The van der Waals surface area contributed by atoms with Gasteiger partial charge in [0, 0.05) is 26.6 Å². The standard InChI is InChI=1S/C14H23N3O3S.ClH/c1-10(9-15)14(18)16-11(2)12-6-5-7-13(8-12)21(19,20)17(3)4;/h5-8,10-11H,9,15H2,1-4H3,(H,16,18);1H. The molecule has 8 heteroatoms. The smallest absolute Gasteiger partial charge is 0.242 e. The van der Waals surface area contributed by atoms with Gasteiger partial charge in [-0.2, -0.15) is 0 Å². The zero-order valence-corrected chi connectivity index (χ0v) is 14.9. The van der Waals surface area contributed by atoms with Gasteiger partial charge in [-0.1, -0.05) is 19.1 Å². The number of rotatable bonds is 6. The van der Waals surface area contributed by atoms with Crippen molar-refractivity contribution in [2.75, 3.05) is 20.6 Å². The second-order valence-corrected chi connectivity index (χ2v) is 7.38. The van der Waals surface area contributed by atoms with Crippen LogP contribution < -0.4 is 11.1 Å². The Bertz CT molecular complexity index is 605. The fraction of sp³-hybridized carbons (Fsp3) is 0.500. The molecule has 0 aliphatic heterocycles. The van der Waals surface area contributed by atoms with E-state index in [1.165, 1.54) is 20.2 Å². The molecule has 0 radical (unpaired) electrons. The Balaban J connectivity index is 0.00000441. The Morgan fingerprint density at radius 1 is 1.32 bits per heavy atom. The van der Waals surface area contributed by atoms with Gasteiger partial charge in [0.05, 0.1) is 10.9 Å². The first kappa shape index (κ1) is 20.9. The number of hydrogen-bond acceptors (Lipinski definition) is 4. The average molecular weight is 350 g/mol. The largest absolute Gasteiger partial charge is 0.349 e. The Kier molecular flexibility index (Phi) is 8.03. The predicted octanol–water partition coefficient (Wildman–Crippen LogP) is 1.13. The molecular weight excluding hydrogens is 326 g/mol. The number of carbonyl (C=O) groups excluding carboxylic acids is 1. The molecule has 1 aromatic carbocycles. The van der Waals surface area contributed by atoms with E-state index in [0.29, 0.717) is 0 Å². The number of sulfonamides is 1. The minimum atomic E-state index is -3.48. The Morgan fingerprint density at radius 2 is 1.91 bits per heavy atom. The topological polar surface area (TPSA) is 92.5 Å². The zero-order valence-electron chi connectivity index (χ0n) is 13.2. The lowest BCUT2D eigenvalue weighted by molar-refractivity contribution is -0.124. The van der Waals surface area contributed by atoms with Gasteiger partial charge in [0.15, 0.2) is 0 Å². The van der Waals surface area contributed by atoms with Crippen LogP contribution in [-0.2, 0) is 14.8 Å². The quantitative estimate of drug-likeness (QED) is 0.805. The van der Waals surface area contributed by atoms with E-state index in [1.807, 2.05) is 6.92 Å². The molecule has 0 aliphatic carbocycles.